The van der Waals surface area contributed by atoms with Gasteiger partial charge in [0.1, 0.15) is 6.04 Å². The lowest BCUT2D eigenvalue weighted by Crippen LogP contribution is -2.44. The summed E-state index contributed by atoms with van der Waals surface area (Å²) in [6.45, 7) is 2.57. The van der Waals surface area contributed by atoms with Crippen LogP contribution in [0, 0.1) is 5.92 Å². The fourth-order valence-corrected chi connectivity index (χ4v) is 3.58. The summed E-state index contributed by atoms with van der Waals surface area (Å²) in [6, 6.07) is -1.10. The number of nitrogens with two attached hydrogens (primary N) is 1. The Balaban J connectivity index is 2.01. The molecule has 0 saturated carbocycles. The van der Waals surface area contributed by atoms with Crippen LogP contribution >= 0.6 is 0 Å². The third-order valence-corrected chi connectivity index (χ3v) is 4.87. The quantitative estimate of drug-likeness (QED) is 0.803. The third-order valence-electron chi connectivity index (χ3n) is 4.87. The first-order valence-corrected chi connectivity index (χ1v) is 8.35. The highest BCUT2D eigenvalue weighted by atomic mass is 16.5. The minimum atomic E-state index is -1.15. The van der Waals surface area contributed by atoms with E-state index in [1.54, 1.807) is 10.8 Å². The molecule has 3 heterocycles. The molecule has 0 aliphatic carbocycles. The van der Waals surface area contributed by atoms with E-state index in [9.17, 15) is 14.4 Å². The van der Waals surface area contributed by atoms with E-state index in [0.717, 1.165) is 23.8 Å². The van der Waals surface area contributed by atoms with Crippen LogP contribution in [0.4, 0.5) is 0 Å². The molecule has 1 saturated heterocycles. The number of rotatable bonds is 4. The second kappa shape index (κ2) is 6.52. The maximum Gasteiger partial charge on any atom is 0.330 e. The van der Waals surface area contributed by atoms with Gasteiger partial charge in [0.25, 0.3) is 5.56 Å². The van der Waals surface area contributed by atoms with Gasteiger partial charge >= 0.3 is 11.7 Å². The van der Waals surface area contributed by atoms with Crippen LogP contribution in [0.1, 0.15) is 44.3 Å². The second-order valence-corrected chi connectivity index (χ2v) is 6.87. The molecule has 2 aliphatic heterocycles. The highest BCUT2D eigenvalue weighted by Gasteiger charge is 2.32. The number of fused-ring (bicyclic) bond motifs is 5. The highest BCUT2D eigenvalue weighted by Crippen LogP contribution is 2.34. The summed E-state index contributed by atoms with van der Waals surface area (Å²) in [5.74, 6) is -0.891. The first-order valence-electron chi connectivity index (χ1n) is 8.35. The van der Waals surface area contributed by atoms with Gasteiger partial charge in [-0.15, -0.1) is 0 Å². The van der Waals surface area contributed by atoms with Crippen molar-refractivity contribution in [2.45, 2.75) is 63.9 Å². The molecule has 3 unspecified atom stereocenters. The number of carboxylic acids is 1. The number of ether oxygens (including phenoxy) is 1. The molecule has 24 heavy (non-hydrogen) atoms. The van der Waals surface area contributed by atoms with Gasteiger partial charge in [0.05, 0.1) is 17.8 Å². The molecule has 8 heteroatoms. The normalized spacial score (nSPS) is 27.2. The summed E-state index contributed by atoms with van der Waals surface area (Å²) in [6.07, 6.45) is 4.02. The summed E-state index contributed by atoms with van der Waals surface area (Å²) in [5, 5.41) is 8.89. The molecule has 4 atom stereocenters. The van der Waals surface area contributed by atoms with Crippen molar-refractivity contribution in [2.75, 3.05) is 0 Å². The number of aromatic nitrogens is 2. The largest absolute Gasteiger partial charge is 0.480 e. The van der Waals surface area contributed by atoms with Crippen LogP contribution in [0.15, 0.2) is 15.8 Å². The van der Waals surface area contributed by atoms with Gasteiger partial charge in [-0.25, -0.2) is 4.79 Å². The molecule has 2 aliphatic rings. The summed E-state index contributed by atoms with van der Waals surface area (Å²) in [4.78, 5) is 36.2. The molecule has 3 N–H and O–H groups in total. The standard InChI is InChI=1S/C16H23N3O5/c1-9-6-10-2-3-13(24-10)11-8-18(7-9)16(23)19(14(11)20)5-4-12(17)15(21)22/h8-10,12-13H,2-7,17H2,1H3,(H,21,22)/t9?,10?,12?,13-/m1/s1. The SMILES string of the molecule is CC1CC2CC[C@@H](O2)c2cn(c(=O)n(CCC(N)C(=O)O)c2=O)C1. The molecule has 0 radical (unpaired) electrons. The molecule has 1 aromatic rings. The molecule has 0 aromatic carbocycles. The van der Waals surface area contributed by atoms with Crippen LogP contribution in [-0.4, -0.2) is 32.4 Å². The molecule has 132 valence electrons. The monoisotopic (exact) mass is 337 g/mol. The minimum absolute atomic E-state index is 0.0104. The fraction of sp³-hybridized carbons (Fsp3) is 0.688. The van der Waals surface area contributed by atoms with Crippen molar-refractivity contribution >= 4 is 5.97 Å². The van der Waals surface area contributed by atoms with Gasteiger partial charge in [-0.3, -0.25) is 18.7 Å². The van der Waals surface area contributed by atoms with Gasteiger partial charge in [0.15, 0.2) is 0 Å². The number of nitrogens with zero attached hydrogens (tertiary/aromatic N) is 2. The van der Waals surface area contributed by atoms with Crippen molar-refractivity contribution in [1.82, 2.24) is 9.13 Å². The van der Waals surface area contributed by atoms with Crippen LogP contribution in [0.25, 0.3) is 0 Å². The van der Waals surface area contributed by atoms with E-state index in [4.69, 9.17) is 15.6 Å². The van der Waals surface area contributed by atoms with E-state index >= 15 is 0 Å². The van der Waals surface area contributed by atoms with Gasteiger partial charge < -0.3 is 15.6 Å². The molecule has 4 bridgehead atoms. The van der Waals surface area contributed by atoms with Gasteiger partial charge in [-0.1, -0.05) is 6.92 Å². The van der Waals surface area contributed by atoms with Crippen molar-refractivity contribution in [3.63, 3.8) is 0 Å². The van der Waals surface area contributed by atoms with Crippen LogP contribution in [0.2, 0.25) is 0 Å². The van der Waals surface area contributed by atoms with Crippen molar-refractivity contribution in [3.8, 4) is 0 Å². The lowest BCUT2D eigenvalue weighted by Gasteiger charge is -2.17. The number of carbonyl (C=O) groups is 1. The Kier molecular flexibility index (Phi) is 4.60. The molecular formula is C16H23N3O5. The predicted octanol–water partition coefficient (Wildman–Crippen LogP) is 0.0719. The van der Waals surface area contributed by atoms with Crippen LogP contribution in [0.5, 0.6) is 0 Å². The Labute approximate surface area is 138 Å². The Morgan fingerprint density at radius 1 is 1.46 bits per heavy atom. The highest BCUT2D eigenvalue weighted by molar-refractivity contribution is 5.72. The number of carboxylic acid groups (broad SMARTS) is 1. The Hall–Kier alpha value is -1.93. The van der Waals surface area contributed by atoms with Gasteiger partial charge in [0, 0.05) is 19.3 Å². The van der Waals surface area contributed by atoms with Gasteiger partial charge in [-0.2, -0.15) is 0 Å². The van der Waals surface area contributed by atoms with E-state index in [1.165, 1.54) is 0 Å². The zero-order valence-corrected chi connectivity index (χ0v) is 13.7. The first kappa shape index (κ1) is 16.9. The lowest BCUT2D eigenvalue weighted by atomic mass is 10.00. The third kappa shape index (κ3) is 3.16. The molecule has 1 aromatic heterocycles. The molecule has 0 amide bonds. The van der Waals surface area contributed by atoms with E-state index < -0.39 is 23.3 Å². The van der Waals surface area contributed by atoms with Crippen molar-refractivity contribution < 1.29 is 14.6 Å². The van der Waals surface area contributed by atoms with E-state index in [2.05, 4.69) is 6.92 Å². The fourth-order valence-electron chi connectivity index (χ4n) is 3.58. The lowest BCUT2D eigenvalue weighted by molar-refractivity contribution is -0.138. The van der Waals surface area contributed by atoms with E-state index in [0.29, 0.717) is 12.1 Å². The average molecular weight is 337 g/mol. The zero-order valence-electron chi connectivity index (χ0n) is 13.7. The number of aliphatic carboxylic acids is 1. The topological polar surface area (TPSA) is 117 Å². The molecule has 3 rings (SSSR count). The molecule has 1 fully saturated rings. The second-order valence-electron chi connectivity index (χ2n) is 6.87. The molecule has 0 spiro atoms. The van der Waals surface area contributed by atoms with Gasteiger partial charge in [0.2, 0.25) is 0 Å². The van der Waals surface area contributed by atoms with Crippen LogP contribution in [0.3, 0.4) is 0 Å². The average Bonchev–Trinajstić information content (AvgIpc) is 2.98. The maximum absolute atomic E-state index is 12.7. The summed E-state index contributed by atoms with van der Waals surface area (Å²) in [7, 11) is 0. The molecular weight excluding hydrogens is 314 g/mol. The maximum atomic E-state index is 12.7. The van der Waals surface area contributed by atoms with Crippen LogP contribution < -0.4 is 17.0 Å². The number of hydrogen-bond donors (Lipinski definition) is 2. The Bertz CT molecular complexity index is 753. The van der Waals surface area contributed by atoms with E-state index in [1.807, 2.05) is 0 Å². The summed E-state index contributed by atoms with van der Waals surface area (Å²) < 4.78 is 8.64. The summed E-state index contributed by atoms with van der Waals surface area (Å²) >= 11 is 0. The minimum Gasteiger partial charge on any atom is -0.480 e. The van der Waals surface area contributed by atoms with Crippen molar-refractivity contribution in [2.24, 2.45) is 11.7 Å². The Morgan fingerprint density at radius 2 is 2.21 bits per heavy atom. The first-order chi connectivity index (χ1) is 11.4. The Morgan fingerprint density at radius 3 is 2.92 bits per heavy atom. The predicted molar refractivity (Wildman–Crippen MR) is 85.8 cm³/mol. The van der Waals surface area contributed by atoms with E-state index in [-0.39, 0.29) is 31.1 Å². The summed E-state index contributed by atoms with van der Waals surface area (Å²) in [5.41, 5.74) is 5.18. The smallest absolute Gasteiger partial charge is 0.330 e. The van der Waals surface area contributed by atoms with Crippen molar-refractivity contribution in [1.29, 1.82) is 0 Å². The van der Waals surface area contributed by atoms with Crippen molar-refractivity contribution in [3.05, 3.63) is 32.6 Å². The van der Waals surface area contributed by atoms with Gasteiger partial charge in [-0.05, 0) is 31.6 Å². The van der Waals surface area contributed by atoms with Crippen LogP contribution in [-0.2, 0) is 22.6 Å². The number of hydrogen-bond acceptors (Lipinski definition) is 5. The molecule has 8 nitrogen and oxygen atoms in total. The zero-order chi connectivity index (χ0) is 17.4.